The lowest BCUT2D eigenvalue weighted by Crippen LogP contribution is -2.35. The molecule has 0 aliphatic carbocycles. The summed E-state index contributed by atoms with van der Waals surface area (Å²) in [5.74, 6) is 0.894. The van der Waals surface area contributed by atoms with E-state index in [1.54, 1.807) is 39.0 Å². The molecule has 1 aromatic rings. The molecule has 1 N–H and O–H groups in total. The van der Waals surface area contributed by atoms with Crippen molar-refractivity contribution < 1.29 is 23.8 Å². The standard InChI is InChI=1S/C15H21NO5/c1-15(2,3)21-14(18)16-10(9-17)13-11(19-4)7-6-8-12(13)20-5/h6-10H,1-5H3,(H,16,18). The molecule has 116 valence electrons. The number of hydrogen-bond acceptors (Lipinski definition) is 5. The molecule has 0 aliphatic heterocycles. The predicted molar refractivity (Wildman–Crippen MR) is 77.7 cm³/mol. The number of nitrogens with one attached hydrogen (secondary N) is 1. The SMILES string of the molecule is COc1cccc(OC)c1C(C=O)NC(=O)OC(C)(C)C. The van der Waals surface area contributed by atoms with E-state index in [9.17, 15) is 9.59 Å². The lowest BCUT2D eigenvalue weighted by Gasteiger charge is -2.23. The Labute approximate surface area is 124 Å². The Morgan fingerprint density at radius 3 is 2.10 bits per heavy atom. The smallest absolute Gasteiger partial charge is 0.408 e. The van der Waals surface area contributed by atoms with Gasteiger partial charge in [-0.3, -0.25) is 0 Å². The molecule has 6 heteroatoms. The van der Waals surface area contributed by atoms with E-state index in [-0.39, 0.29) is 0 Å². The zero-order valence-corrected chi connectivity index (χ0v) is 12.9. The highest BCUT2D eigenvalue weighted by Crippen LogP contribution is 2.33. The summed E-state index contributed by atoms with van der Waals surface area (Å²) >= 11 is 0. The van der Waals surface area contributed by atoms with Gasteiger partial charge in [0.15, 0.2) is 0 Å². The molecule has 1 amide bonds. The fourth-order valence-corrected chi connectivity index (χ4v) is 1.80. The van der Waals surface area contributed by atoms with Crippen LogP contribution >= 0.6 is 0 Å². The molecule has 1 atom stereocenters. The molecule has 0 fully saturated rings. The molecule has 6 nitrogen and oxygen atoms in total. The number of carbonyl (C=O) groups excluding carboxylic acids is 2. The molecule has 0 saturated heterocycles. The second kappa shape index (κ2) is 6.97. The minimum atomic E-state index is -0.925. The van der Waals surface area contributed by atoms with Gasteiger partial charge in [-0.1, -0.05) is 6.07 Å². The van der Waals surface area contributed by atoms with Crippen LogP contribution in [0.5, 0.6) is 11.5 Å². The summed E-state index contributed by atoms with van der Waals surface area (Å²) in [5.41, 5.74) is -0.203. The van der Waals surface area contributed by atoms with E-state index in [4.69, 9.17) is 14.2 Å². The first kappa shape index (κ1) is 16.8. The minimum Gasteiger partial charge on any atom is -0.496 e. The van der Waals surface area contributed by atoms with Gasteiger partial charge >= 0.3 is 6.09 Å². The maximum absolute atomic E-state index is 11.8. The first-order valence-corrected chi connectivity index (χ1v) is 6.48. The first-order chi connectivity index (χ1) is 9.82. The van der Waals surface area contributed by atoms with Gasteiger partial charge in [0.05, 0.1) is 19.8 Å². The number of ether oxygens (including phenoxy) is 3. The third-order valence-corrected chi connectivity index (χ3v) is 2.59. The predicted octanol–water partition coefficient (Wildman–Crippen LogP) is 2.47. The van der Waals surface area contributed by atoms with Crippen LogP contribution in [0, 0.1) is 0 Å². The average Bonchev–Trinajstić information content (AvgIpc) is 2.42. The van der Waals surface area contributed by atoms with Crippen molar-refractivity contribution in [2.75, 3.05) is 14.2 Å². The van der Waals surface area contributed by atoms with Crippen LogP contribution in [-0.2, 0) is 9.53 Å². The highest BCUT2D eigenvalue weighted by atomic mass is 16.6. The fraction of sp³-hybridized carbons (Fsp3) is 0.467. The average molecular weight is 295 g/mol. The zero-order chi connectivity index (χ0) is 16.0. The molecular formula is C15H21NO5. The van der Waals surface area contributed by atoms with Crippen molar-refractivity contribution in [3.63, 3.8) is 0 Å². The number of carbonyl (C=O) groups is 2. The van der Waals surface area contributed by atoms with Crippen molar-refractivity contribution in [1.82, 2.24) is 5.32 Å². The van der Waals surface area contributed by atoms with Crippen LogP contribution in [0.3, 0.4) is 0 Å². The summed E-state index contributed by atoms with van der Waals surface area (Å²) in [4.78, 5) is 23.2. The van der Waals surface area contributed by atoms with Gasteiger partial charge in [0.1, 0.15) is 29.4 Å². The van der Waals surface area contributed by atoms with Crippen molar-refractivity contribution in [2.24, 2.45) is 0 Å². The van der Waals surface area contributed by atoms with Gasteiger partial charge in [-0.15, -0.1) is 0 Å². The number of benzene rings is 1. The van der Waals surface area contributed by atoms with E-state index in [1.165, 1.54) is 14.2 Å². The zero-order valence-electron chi connectivity index (χ0n) is 12.9. The minimum absolute atomic E-state index is 0.447. The maximum Gasteiger partial charge on any atom is 0.408 e. The summed E-state index contributed by atoms with van der Waals surface area (Å²) in [6.45, 7) is 5.23. The molecule has 1 rings (SSSR count). The Kier molecular flexibility index (Phi) is 5.58. The fourth-order valence-electron chi connectivity index (χ4n) is 1.80. The number of methoxy groups -OCH3 is 2. The van der Waals surface area contributed by atoms with Crippen LogP contribution in [0.4, 0.5) is 4.79 Å². The summed E-state index contributed by atoms with van der Waals surface area (Å²) in [6, 6.07) is 4.18. The van der Waals surface area contributed by atoms with Gasteiger partial charge in [-0.25, -0.2) is 4.79 Å². The van der Waals surface area contributed by atoms with Crippen molar-refractivity contribution in [1.29, 1.82) is 0 Å². The second-order valence-electron chi connectivity index (χ2n) is 5.34. The third-order valence-electron chi connectivity index (χ3n) is 2.59. The molecule has 0 radical (unpaired) electrons. The lowest BCUT2D eigenvalue weighted by atomic mass is 10.1. The number of hydrogen-bond donors (Lipinski definition) is 1. The Bertz CT molecular complexity index is 485. The lowest BCUT2D eigenvalue weighted by molar-refractivity contribution is -0.109. The Balaban J connectivity index is 3.05. The Hall–Kier alpha value is -2.24. The van der Waals surface area contributed by atoms with E-state index in [2.05, 4.69) is 5.32 Å². The van der Waals surface area contributed by atoms with E-state index in [1.807, 2.05) is 0 Å². The molecule has 1 aromatic carbocycles. The van der Waals surface area contributed by atoms with Crippen molar-refractivity contribution in [2.45, 2.75) is 32.4 Å². The monoisotopic (exact) mass is 295 g/mol. The van der Waals surface area contributed by atoms with Gasteiger partial charge < -0.3 is 24.3 Å². The summed E-state index contributed by atoms with van der Waals surface area (Å²) < 4.78 is 15.6. The van der Waals surface area contributed by atoms with Gasteiger partial charge in [0.25, 0.3) is 0 Å². The van der Waals surface area contributed by atoms with Crippen LogP contribution in [-0.4, -0.2) is 32.2 Å². The number of alkyl carbamates (subject to hydrolysis) is 1. The van der Waals surface area contributed by atoms with E-state index >= 15 is 0 Å². The second-order valence-corrected chi connectivity index (χ2v) is 5.34. The molecule has 0 spiro atoms. The van der Waals surface area contributed by atoms with Gasteiger partial charge in [-0.05, 0) is 32.9 Å². The third kappa shape index (κ3) is 4.66. The quantitative estimate of drug-likeness (QED) is 0.845. The van der Waals surface area contributed by atoms with E-state index in [0.29, 0.717) is 23.3 Å². The van der Waals surface area contributed by atoms with Crippen molar-refractivity contribution in [3.8, 4) is 11.5 Å². The summed E-state index contributed by atoms with van der Waals surface area (Å²) in [6.07, 6.45) is -0.0860. The topological polar surface area (TPSA) is 73.9 Å². The molecular weight excluding hydrogens is 274 g/mol. The van der Waals surface area contributed by atoms with Crippen LogP contribution in [0.2, 0.25) is 0 Å². The first-order valence-electron chi connectivity index (χ1n) is 6.48. The summed E-state index contributed by atoms with van der Waals surface area (Å²) in [7, 11) is 2.96. The molecule has 21 heavy (non-hydrogen) atoms. The van der Waals surface area contributed by atoms with Crippen LogP contribution in [0.1, 0.15) is 32.4 Å². The number of aldehydes is 1. The maximum atomic E-state index is 11.8. The largest absolute Gasteiger partial charge is 0.496 e. The van der Waals surface area contributed by atoms with Crippen LogP contribution < -0.4 is 14.8 Å². The highest BCUT2D eigenvalue weighted by Gasteiger charge is 2.25. The molecule has 0 bridgehead atoms. The normalized spacial score (nSPS) is 12.2. The van der Waals surface area contributed by atoms with Gasteiger partial charge in [-0.2, -0.15) is 0 Å². The molecule has 0 heterocycles. The molecule has 0 aromatic heterocycles. The summed E-state index contributed by atoms with van der Waals surface area (Å²) in [5, 5.41) is 2.50. The Morgan fingerprint density at radius 2 is 1.71 bits per heavy atom. The van der Waals surface area contributed by atoms with Crippen LogP contribution in [0.25, 0.3) is 0 Å². The van der Waals surface area contributed by atoms with E-state index in [0.717, 1.165) is 0 Å². The number of amides is 1. The Morgan fingerprint density at radius 1 is 1.19 bits per heavy atom. The molecule has 1 unspecified atom stereocenters. The van der Waals surface area contributed by atoms with Crippen molar-refractivity contribution in [3.05, 3.63) is 23.8 Å². The molecule has 0 saturated carbocycles. The molecule has 0 aliphatic rings. The number of rotatable bonds is 5. The van der Waals surface area contributed by atoms with E-state index < -0.39 is 17.7 Å². The highest BCUT2D eigenvalue weighted by molar-refractivity contribution is 5.76. The van der Waals surface area contributed by atoms with Crippen molar-refractivity contribution >= 4 is 12.4 Å². The van der Waals surface area contributed by atoms with Crippen LogP contribution in [0.15, 0.2) is 18.2 Å². The van der Waals surface area contributed by atoms with Gasteiger partial charge in [0.2, 0.25) is 0 Å². The van der Waals surface area contributed by atoms with Gasteiger partial charge in [0, 0.05) is 0 Å².